The summed E-state index contributed by atoms with van der Waals surface area (Å²) in [6.45, 7) is 1.59. The van der Waals surface area contributed by atoms with Gasteiger partial charge in [-0.05, 0) is 41.6 Å². The number of anilines is 1. The molecule has 1 aromatic heterocycles. The molecule has 0 spiro atoms. The van der Waals surface area contributed by atoms with Gasteiger partial charge in [-0.2, -0.15) is 5.10 Å². The van der Waals surface area contributed by atoms with Gasteiger partial charge in [0.2, 0.25) is 5.91 Å². The lowest BCUT2D eigenvalue weighted by molar-refractivity contribution is -0.133. The molecule has 0 radical (unpaired) electrons. The maximum atomic E-state index is 12.0. The summed E-state index contributed by atoms with van der Waals surface area (Å²) in [6.07, 6.45) is 5.58. The summed E-state index contributed by atoms with van der Waals surface area (Å²) in [6, 6.07) is 0.276. The largest absolute Gasteiger partial charge is 0.380 e. The lowest BCUT2D eigenvalue weighted by Crippen LogP contribution is -2.43. The van der Waals surface area contributed by atoms with E-state index in [-0.39, 0.29) is 11.6 Å². The first-order chi connectivity index (χ1) is 10.1. The van der Waals surface area contributed by atoms with E-state index >= 15 is 0 Å². The van der Waals surface area contributed by atoms with Crippen molar-refractivity contribution >= 4 is 27.5 Å². The van der Waals surface area contributed by atoms with E-state index in [1.807, 2.05) is 4.90 Å². The fourth-order valence-corrected chi connectivity index (χ4v) is 3.14. The Morgan fingerprint density at radius 1 is 1.33 bits per heavy atom. The Labute approximate surface area is 131 Å². The molecule has 1 amide bonds. The van der Waals surface area contributed by atoms with Gasteiger partial charge in [0.25, 0.3) is 5.56 Å². The number of aromatic nitrogens is 2. The molecule has 0 aromatic carbocycles. The van der Waals surface area contributed by atoms with Crippen LogP contribution >= 0.6 is 15.9 Å². The number of rotatable bonds is 3. The van der Waals surface area contributed by atoms with Crippen LogP contribution in [0.4, 0.5) is 5.69 Å². The Morgan fingerprint density at radius 2 is 2.00 bits per heavy atom. The van der Waals surface area contributed by atoms with Crippen molar-refractivity contribution in [1.82, 2.24) is 14.7 Å². The third-order valence-corrected chi connectivity index (χ3v) is 4.94. The highest BCUT2D eigenvalue weighted by Gasteiger charge is 2.34. The monoisotopic (exact) mass is 354 g/mol. The molecule has 1 aliphatic heterocycles. The van der Waals surface area contributed by atoms with Crippen molar-refractivity contribution in [1.29, 1.82) is 0 Å². The van der Waals surface area contributed by atoms with Crippen LogP contribution in [0.1, 0.15) is 25.7 Å². The number of nitrogens with one attached hydrogen (secondary N) is 1. The van der Waals surface area contributed by atoms with Crippen molar-refractivity contribution in [2.75, 3.05) is 18.4 Å². The van der Waals surface area contributed by atoms with Crippen LogP contribution in [0.3, 0.4) is 0 Å². The number of piperidine rings is 1. The first-order valence-corrected chi connectivity index (χ1v) is 8.12. The van der Waals surface area contributed by atoms with Crippen LogP contribution < -0.4 is 10.9 Å². The molecular weight excluding hydrogens is 336 g/mol. The van der Waals surface area contributed by atoms with Gasteiger partial charge in [-0.25, -0.2) is 4.68 Å². The zero-order chi connectivity index (χ0) is 15.0. The van der Waals surface area contributed by atoms with Gasteiger partial charge in [0, 0.05) is 32.1 Å². The van der Waals surface area contributed by atoms with E-state index in [4.69, 9.17) is 0 Å². The lowest BCUT2D eigenvalue weighted by Gasteiger charge is -2.33. The molecule has 1 N–H and O–H groups in total. The van der Waals surface area contributed by atoms with E-state index in [1.54, 1.807) is 13.2 Å². The third-order valence-electron chi connectivity index (χ3n) is 4.17. The van der Waals surface area contributed by atoms with E-state index in [1.165, 1.54) is 4.68 Å². The zero-order valence-electron chi connectivity index (χ0n) is 12.0. The van der Waals surface area contributed by atoms with E-state index in [9.17, 15) is 9.59 Å². The van der Waals surface area contributed by atoms with Crippen LogP contribution in [-0.4, -0.2) is 39.7 Å². The molecular formula is C14H19BrN4O2. The summed E-state index contributed by atoms with van der Waals surface area (Å²) in [5, 5.41) is 7.39. The second-order valence-corrected chi connectivity index (χ2v) is 6.61. The third kappa shape index (κ3) is 3.12. The van der Waals surface area contributed by atoms with Crippen LogP contribution in [0.15, 0.2) is 15.5 Å². The molecule has 2 fully saturated rings. The smallest absolute Gasteiger partial charge is 0.282 e. The predicted octanol–water partition coefficient (Wildman–Crippen LogP) is 1.36. The Balaban J connectivity index is 1.59. The van der Waals surface area contributed by atoms with Gasteiger partial charge in [-0.15, -0.1) is 0 Å². The Hall–Kier alpha value is -1.37. The van der Waals surface area contributed by atoms with Crippen molar-refractivity contribution in [2.45, 2.75) is 31.7 Å². The normalized spacial score (nSPS) is 19.6. The summed E-state index contributed by atoms with van der Waals surface area (Å²) in [5.74, 6) is 0.620. The Bertz CT molecular complexity index is 603. The van der Waals surface area contributed by atoms with Crippen LogP contribution in [0.5, 0.6) is 0 Å². The van der Waals surface area contributed by atoms with Crippen LogP contribution in [0.25, 0.3) is 0 Å². The molecule has 6 nitrogen and oxygen atoms in total. The molecule has 1 saturated heterocycles. The number of carbonyl (C=O) groups excluding carboxylic acids is 1. The first kappa shape index (κ1) is 14.6. The van der Waals surface area contributed by atoms with Gasteiger partial charge in [0.1, 0.15) is 4.47 Å². The second kappa shape index (κ2) is 5.79. The minimum absolute atomic E-state index is 0.152. The molecule has 21 heavy (non-hydrogen) atoms. The van der Waals surface area contributed by atoms with Gasteiger partial charge in [-0.3, -0.25) is 9.59 Å². The average Bonchev–Trinajstić information content (AvgIpc) is 3.33. The van der Waals surface area contributed by atoms with Crippen molar-refractivity contribution in [3.05, 3.63) is 21.0 Å². The van der Waals surface area contributed by atoms with Gasteiger partial charge < -0.3 is 10.2 Å². The second-order valence-electron chi connectivity index (χ2n) is 5.82. The highest BCUT2D eigenvalue weighted by atomic mass is 79.9. The van der Waals surface area contributed by atoms with Crippen molar-refractivity contribution < 1.29 is 4.79 Å². The van der Waals surface area contributed by atoms with Crippen LogP contribution in [0.2, 0.25) is 0 Å². The zero-order valence-corrected chi connectivity index (χ0v) is 13.6. The molecule has 2 heterocycles. The van der Waals surface area contributed by atoms with E-state index in [0.29, 0.717) is 16.3 Å². The Morgan fingerprint density at radius 3 is 2.62 bits per heavy atom. The number of carbonyl (C=O) groups is 1. The number of likely N-dealkylation sites (tertiary alicyclic amines) is 1. The number of hydrogen-bond acceptors (Lipinski definition) is 4. The Kier molecular flexibility index (Phi) is 4.01. The topological polar surface area (TPSA) is 67.2 Å². The summed E-state index contributed by atoms with van der Waals surface area (Å²) >= 11 is 3.32. The minimum atomic E-state index is -0.152. The van der Waals surface area contributed by atoms with Crippen molar-refractivity contribution in [3.63, 3.8) is 0 Å². The molecule has 1 aliphatic carbocycles. The molecule has 0 atom stereocenters. The molecule has 2 aliphatic rings. The molecule has 3 rings (SSSR count). The number of amides is 1. The van der Waals surface area contributed by atoms with Gasteiger partial charge in [0.05, 0.1) is 11.9 Å². The summed E-state index contributed by atoms with van der Waals surface area (Å²) < 4.78 is 1.81. The van der Waals surface area contributed by atoms with Gasteiger partial charge >= 0.3 is 0 Å². The summed E-state index contributed by atoms with van der Waals surface area (Å²) in [5.41, 5.74) is 0.575. The average molecular weight is 355 g/mol. The number of hydrogen-bond donors (Lipinski definition) is 1. The van der Waals surface area contributed by atoms with Gasteiger partial charge in [0.15, 0.2) is 0 Å². The quantitative estimate of drug-likeness (QED) is 0.889. The molecule has 0 unspecified atom stereocenters. The van der Waals surface area contributed by atoms with E-state index < -0.39 is 0 Å². The first-order valence-electron chi connectivity index (χ1n) is 7.33. The maximum absolute atomic E-state index is 12.0. The predicted molar refractivity (Wildman–Crippen MR) is 83.1 cm³/mol. The maximum Gasteiger partial charge on any atom is 0.282 e. The fraction of sp³-hybridized carbons (Fsp3) is 0.643. The van der Waals surface area contributed by atoms with Crippen LogP contribution in [-0.2, 0) is 11.8 Å². The van der Waals surface area contributed by atoms with Crippen molar-refractivity contribution in [2.24, 2.45) is 13.0 Å². The number of aryl methyl sites for hydroxylation is 1. The highest BCUT2D eigenvalue weighted by molar-refractivity contribution is 9.10. The highest BCUT2D eigenvalue weighted by Crippen LogP contribution is 2.32. The van der Waals surface area contributed by atoms with Gasteiger partial charge in [-0.1, -0.05) is 0 Å². The molecule has 1 aromatic rings. The standard InChI is InChI=1S/C14H19BrN4O2/c1-18-14(21)12(15)11(8-16-18)17-10-4-6-19(7-5-10)13(20)9-2-3-9/h8-10,17H,2-7H2,1H3. The lowest BCUT2D eigenvalue weighted by atomic mass is 10.0. The summed E-state index contributed by atoms with van der Waals surface area (Å²) in [7, 11) is 1.62. The van der Waals surface area contributed by atoms with Crippen molar-refractivity contribution in [3.8, 4) is 0 Å². The SMILES string of the molecule is Cn1ncc(NC2CCN(C(=O)C3CC3)CC2)c(Br)c1=O. The fourth-order valence-electron chi connectivity index (χ4n) is 2.66. The molecule has 7 heteroatoms. The summed E-state index contributed by atoms with van der Waals surface area (Å²) in [4.78, 5) is 25.8. The molecule has 0 bridgehead atoms. The van der Waals surface area contributed by atoms with Crippen LogP contribution in [0, 0.1) is 5.92 Å². The number of nitrogens with zero attached hydrogens (tertiary/aromatic N) is 3. The van der Waals surface area contributed by atoms with E-state index in [2.05, 4.69) is 26.3 Å². The molecule has 1 saturated carbocycles. The minimum Gasteiger partial charge on any atom is -0.380 e. The molecule has 114 valence electrons. The number of halogens is 1. The van der Waals surface area contributed by atoms with E-state index in [0.717, 1.165) is 44.5 Å².